The van der Waals surface area contributed by atoms with Gasteiger partial charge in [0.2, 0.25) is 5.89 Å². The summed E-state index contributed by atoms with van der Waals surface area (Å²) in [5, 5.41) is 13.8. The number of carboxylic acid groups (broad SMARTS) is 1. The van der Waals surface area contributed by atoms with Crippen LogP contribution in [-0.4, -0.2) is 35.0 Å². The van der Waals surface area contributed by atoms with Crippen molar-refractivity contribution < 1.29 is 23.9 Å². The third-order valence-electron chi connectivity index (χ3n) is 5.77. The van der Waals surface area contributed by atoms with Gasteiger partial charge in [-0.15, -0.1) is 0 Å². The van der Waals surface area contributed by atoms with E-state index >= 15 is 0 Å². The molecule has 0 bridgehead atoms. The standard InChI is InChI=1S/C27H32N2O5/c1-5-16-33-29-20(3)27(4,26(30)31)18-21-11-13-23(14-12-21)32-17-15-24-19(2)34-25(28-24)22-9-7-6-8-10-22/h6-14H,5,15-18H2,1-4H3,(H,30,31). The van der Waals surface area contributed by atoms with Gasteiger partial charge < -0.3 is 19.1 Å². The normalized spacial score (nSPS) is 13.4. The fourth-order valence-electron chi connectivity index (χ4n) is 3.43. The first kappa shape index (κ1) is 25.0. The smallest absolute Gasteiger partial charge is 0.315 e. The van der Waals surface area contributed by atoms with Gasteiger partial charge in [0.05, 0.1) is 18.0 Å². The van der Waals surface area contributed by atoms with E-state index in [4.69, 9.17) is 14.0 Å². The molecule has 1 unspecified atom stereocenters. The molecule has 0 aliphatic carbocycles. The topological polar surface area (TPSA) is 94.2 Å². The lowest BCUT2D eigenvalue weighted by Gasteiger charge is -2.24. The second kappa shape index (κ2) is 11.5. The van der Waals surface area contributed by atoms with E-state index < -0.39 is 11.4 Å². The molecule has 3 aromatic rings. The van der Waals surface area contributed by atoms with Gasteiger partial charge in [0.15, 0.2) is 0 Å². The number of oxime groups is 1. The van der Waals surface area contributed by atoms with Crippen LogP contribution in [0.5, 0.6) is 5.75 Å². The van der Waals surface area contributed by atoms with Crippen molar-refractivity contribution in [3.05, 3.63) is 71.6 Å². The summed E-state index contributed by atoms with van der Waals surface area (Å²) in [5.74, 6) is 1.16. The summed E-state index contributed by atoms with van der Waals surface area (Å²) in [6.45, 7) is 8.14. The third kappa shape index (κ3) is 6.25. The van der Waals surface area contributed by atoms with E-state index in [-0.39, 0.29) is 0 Å². The Kier molecular flexibility index (Phi) is 8.46. The van der Waals surface area contributed by atoms with Gasteiger partial charge in [0, 0.05) is 12.0 Å². The molecule has 0 fully saturated rings. The zero-order valence-electron chi connectivity index (χ0n) is 20.2. The number of carbonyl (C=O) groups is 1. The molecule has 0 amide bonds. The number of aryl methyl sites for hydroxylation is 1. The number of ether oxygens (including phenoxy) is 1. The van der Waals surface area contributed by atoms with E-state index in [1.807, 2.05) is 68.4 Å². The third-order valence-corrected chi connectivity index (χ3v) is 5.77. The van der Waals surface area contributed by atoms with Gasteiger partial charge in [-0.05, 0) is 63.4 Å². The molecular weight excluding hydrogens is 432 g/mol. The SMILES string of the molecule is CCCON=C(C)C(C)(Cc1ccc(OCCc2nc(-c3ccccc3)oc2C)cc1)C(=O)O. The van der Waals surface area contributed by atoms with E-state index in [1.54, 1.807) is 13.8 Å². The molecule has 1 aromatic heterocycles. The van der Waals surface area contributed by atoms with Crippen LogP contribution in [0, 0.1) is 12.3 Å². The second-order valence-electron chi connectivity index (χ2n) is 8.45. The Bertz CT molecular complexity index is 1110. The van der Waals surface area contributed by atoms with E-state index in [1.165, 1.54) is 0 Å². The number of hydrogen-bond donors (Lipinski definition) is 1. The molecule has 1 N–H and O–H groups in total. The predicted octanol–water partition coefficient (Wildman–Crippen LogP) is 5.71. The lowest BCUT2D eigenvalue weighted by molar-refractivity contribution is -0.144. The van der Waals surface area contributed by atoms with Gasteiger partial charge in [-0.25, -0.2) is 4.98 Å². The first-order valence-corrected chi connectivity index (χ1v) is 11.5. The van der Waals surface area contributed by atoms with Crippen LogP contribution in [0.2, 0.25) is 0 Å². The summed E-state index contributed by atoms with van der Waals surface area (Å²) in [5.41, 5.74) is 1.97. The monoisotopic (exact) mass is 464 g/mol. The van der Waals surface area contributed by atoms with Crippen LogP contribution in [0.4, 0.5) is 0 Å². The first-order chi connectivity index (χ1) is 16.3. The Labute approximate surface area is 200 Å². The highest BCUT2D eigenvalue weighted by Gasteiger charge is 2.37. The van der Waals surface area contributed by atoms with Crippen LogP contribution < -0.4 is 4.74 Å². The highest BCUT2D eigenvalue weighted by molar-refractivity contribution is 6.04. The van der Waals surface area contributed by atoms with Crippen LogP contribution >= 0.6 is 0 Å². The van der Waals surface area contributed by atoms with Crippen molar-refractivity contribution in [1.29, 1.82) is 0 Å². The summed E-state index contributed by atoms with van der Waals surface area (Å²) in [4.78, 5) is 21.8. The van der Waals surface area contributed by atoms with E-state index in [0.717, 1.165) is 29.0 Å². The molecule has 34 heavy (non-hydrogen) atoms. The summed E-state index contributed by atoms with van der Waals surface area (Å²) in [6.07, 6.45) is 1.73. The Hall–Kier alpha value is -3.61. The number of carboxylic acids is 1. The summed E-state index contributed by atoms with van der Waals surface area (Å²) in [6, 6.07) is 17.3. The van der Waals surface area contributed by atoms with E-state index in [0.29, 0.717) is 43.4 Å². The number of aliphatic carboxylic acids is 1. The average Bonchev–Trinajstić information content (AvgIpc) is 3.21. The maximum absolute atomic E-state index is 12.0. The Morgan fingerprint density at radius 2 is 1.82 bits per heavy atom. The molecule has 0 aliphatic heterocycles. The molecular formula is C27H32N2O5. The molecule has 1 atom stereocenters. The number of nitrogens with zero attached hydrogens (tertiary/aromatic N) is 2. The van der Waals surface area contributed by atoms with E-state index in [9.17, 15) is 9.90 Å². The van der Waals surface area contributed by atoms with E-state index in [2.05, 4.69) is 10.1 Å². The van der Waals surface area contributed by atoms with Gasteiger partial charge in [-0.2, -0.15) is 0 Å². The molecule has 7 nitrogen and oxygen atoms in total. The van der Waals surface area contributed by atoms with Crippen LogP contribution in [0.25, 0.3) is 11.5 Å². The van der Waals surface area contributed by atoms with Gasteiger partial charge in [-0.3, -0.25) is 4.79 Å². The van der Waals surface area contributed by atoms with Crippen LogP contribution in [-0.2, 0) is 22.5 Å². The maximum Gasteiger partial charge on any atom is 0.315 e. The molecule has 0 radical (unpaired) electrons. The second-order valence-corrected chi connectivity index (χ2v) is 8.45. The number of aromatic nitrogens is 1. The van der Waals surface area contributed by atoms with Crippen molar-refractivity contribution in [2.45, 2.75) is 47.0 Å². The fourth-order valence-corrected chi connectivity index (χ4v) is 3.43. The average molecular weight is 465 g/mol. The minimum Gasteiger partial charge on any atom is -0.493 e. The molecule has 0 saturated carbocycles. The van der Waals surface area contributed by atoms with Gasteiger partial charge in [0.1, 0.15) is 23.5 Å². The van der Waals surface area contributed by atoms with Crippen LogP contribution in [0.1, 0.15) is 44.2 Å². The summed E-state index contributed by atoms with van der Waals surface area (Å²) in [7, 11) is 0. The van der Waals surface area contributed by atoms with Gasteiger partial charge in [0.25, 0.3) is 0 Å². The van der Waals surface area contributed by atoms with Gasteiger partial charge in [-0.1, -0.05) is 42.4 Å². The van der Waals surface area contributed by atoms with Crippen molar-refractivity contribution in [3.63, 3.8) is 0 Å². The Morgan fingerprint density at radius 1 is 1.12 bits per heavy atom. The summed E-state index contributed by atoms with van der Waals surface area (Å²) < 4.78 is 11.7. The largest absolute Gasteiger partial charge is 0.493 e. The molecule has 7 heteroatoms. The predicted molar refractivity (Wildman–Crippen MR) is 131 cm³/mol. The summed E-state index contributed by atoms with van der Waals surface area (Å²) >= 11 is 0. The highest BCUT2D eigenvalue weighted by Crippen LogP contribution is 2.27. The Morgan fingerprint density at radius 3 is 2.47 bits per heavy atom. The number of rotatable bonds is 12. The number of oxazole rings is 1. The Balaban J connectivity index is 1.58. The highest BCUT2D eigenvalue weighted by atomic mass is 16.6. The molecule has 180 valence electrons. The molecule has 2 aromatic carbocycles. The number of benzene rings is 2. The quantitative estimate of drug-likeness (QED) is 0.210. The molecule has 1 heterocycles. The molecule has 0 saturated heterocycles. The van der Waals surface area contributed by atoms with Crippen molar-refractivity contribution in [1.82, 2.24) is 4.98 Å². The molecule has 3 rings (SSSR count). The van der Waals surface area contributed by atoms with Crippen molar-refractivity contribution >= 4 is 11.7 Å². The van der Waals surface area contributed by atoms with Crippen LogP contribution in [0.3, 0.4) is 0 Å². The lowest BCUT2D eigenvalue weighted by Crippen LogP contribution is -2.37. The fraction of sp³-hybridized carbons (Fsp3) is 0.370. The van der Waals surface area contributed by atoms with Gasteiger partial charge >= 0.3 is 5.97 Å². The van der Waals surface area contributed by atoms with Crippen molar-refractivity contribution in [2.75, 3.05) is 13.2 Å². The zero-order valence-corrected chi connectivity index (χ0v) is 20.2. The maximum atomic E-state index is 12.0. The zero-order chi connectivity index (χ0) is 24.6. The van der Waals surface area contributed by atoms with Crippen molar-refractivity contribution in [3.8, 4) is 17.2 Å². The minimum absolute atomic E-state index is 0.299. The lowest BCUT2D eigenvalue weighted by atomic mass is 9.80. The molecule has 0 aliphatic rings. The number of hydrogen-bond acceptors (Lipinski definition) is 6. The van der Waals surface area contributed by atoms with Crippen LogP contribution in [0.15, 0.2) is 64.2 Å². The minimum atomic E-state index is -1.16. The first-order valence-electron chi connectivity index (χ1n) is 11.5. The van der Waals surface area contributed by atoms with Crippen molar-refractivity contribution in [2.24, 2.45) is 10.6 Å². The molecule has 0 spiro atoms.